The number of nitrogens with zero attached hydrogens (tertiary/aromatic N) is 3. The molecule has 3 rings (SSSR count). The molecule has 1 fully saturated rings. The highest BCUT2D eigenvalue weighted by Gasteiger charge is 2.38. The number of carboxylic acid groups (broad SMARTS) is 1. The monoisotopic (exact) mass is 591 g/mol. The third-order valence-electron chi connectivity index (χ3n) is 6.68. The Hall–Kier alpha value is -3.92. The van der Waals surface area contributed by atoms with Crippen molar-refractivity contribution in [1.29, 1.82) is 0 Å². The maximum atomic E-state index is 13.6. The molecule has 224 valence electrons. The summed E-state index contributed by atoms with van der Waals surface area (Å²) in [5.74, 6) is -2.90. The van der Waals surface area contributed by atoms with Crippen LogP contribution in [0.15, 0.2) is 25.0 Å². The van der Waals surface area contributed by atoms with Crippen molar-refractivity contribution in [3.05, 3.63) is 36.4 Å². The van der Waals surface area contributed by atoms with Gasteiger partial charge in [-0.2, -0.15) is 11.8 Å². The third-order valence-corrected chi connectivity index (χ3v) is 7.33. The van der Waals surface area contributed by atoms with Crippen LogP contribution in [0.1, 0.15) is 37.6 Å². The number of aromatic amines is 2. The molecule has 2 aromatic rings. The van der Waals surface area contributed by atoms with Gasteiger partial charge in [0.1, 0.15) is 24.2 Å². The van der Waals surface area contributed by atoms with Crippen molar-refractivity contribution in [1.82, 2.24) is 40.8 Å². The lowest BCUT2D eigenvalue weighted by Gasteiger charge is -2.29. The quantitative estimate of drug-likeness (QED) is 0.127. The van der Waals surface area contributed by atoms with Gasteiger partial charge in [-0.3, -0.25) is 19.2 Å². The van der Waals surface area contributed by atoms with E-state index < -0.39 is 59.8 Å². The van der Waals surface area contributed by atoms with Gasteiger partial charge in [-0.05, 0) is 38.2 Å². The predicted octanol–water partition coefficient (Wildman–Crippen LogP) is -1.45. The van der Waals surface area contributed by atoms with E-state index in [0.717, 1.165) is 0 Å². The molecule has 3 heterocycles. The van der Waals surface area contributed by atoms with Crippen LogP contribution in [0.4, 0.5) is 0 Å². The van der Waals surface area contributed by atoms with Crippen LogP contribution in [0.3, 0.4) is 0 Å². The molecule has 4 amide bonds. The van der Waals surface area contributed by atoms with E-state index in [2.05, 4.69) is 35.9 Å². The van der Waals surface area contributed by atoms with E-state index in [-0.39, 0.29) is 25.8 Å². The molecule has 41 heavy (non-hydrogen) atoms. The number of likely N-dealkylation sites (tertiary alicyclic amines) is 1. The van der Waals surface area contributed by atoms with Crippen LogP contribution in [0.25, 0.3) is 0 Å². The van der Waals surface area contributed by atoms with E-state index in [9.17, 15) is 29.1 Å². The minimum Gasteiger partial charge on any atom is -0.480 e. The maximum absolute atomic E-state index is 13.6. The molecule has 0 saturated carbocycles. The van der Waals surface area contributed by atoms with E-state index in [0.29, 0.717) is 30.0 Å². The number of H-pyrrole nitrogens is 2. The van der Waals surface area contributed by atoms with Gasteiger partial charge >= 0.3 is 5.97 Å². The number of carbonyl (C=O) groups is 5. The second-order valence-electron chi connectivity index (χ2n) is 9.84. The van der Waals surface area contributed by atoms with Crippen molar-refractivity contribution in [3.63, 3.8) is 0 Å². The zero-order chi connectivity index (χ0) is 29.9. The lowest BCUT2D eigenvalue weighted by molar-refractivity contribution is -0.149. The number of imidazole rings is 2. The highest BCUT2D eigenvalue weighted by atomic mass is 32.2. The number of rotatable bonds is 15. The molecule has 0 spiro atoms. The summed E-state index contributed by atoms with van der Waals surface area (Å²) >= 11 is 1.47. The number of carbonyl (C=O) groups excluding carboxylic acids is 4. The summed E-state index contributed by atoms with van der Waals surface area (Å²) in [6.07, 6.45) is 8.98. The fraction of sp³-hybridized carbons (Fsp3) is 0.560. The second-order valence-corrected chi connectivity index (χ2v) is 10.8. The summed E-state index contributed by atoms with van der Waals surface area (Å²) in [5.41, 5.74) is 6.84. The van der Waals surface area contributed by atoms with Crippen LogP contribution in [-0.4, -0.2) is 108 Å². The number of aromatic nitrogens is 4. The highest BCUT2D eigenvalue weighted by Crippen LogP contribution is 2.19. The van der Waals surface area contributed by atoms with Crippen molar-refractivity contribution in [2.75, 3.05) is 18.6 Å². The Morgan fingerprint density at radius 3 is 2.10 bits per heavy atom. The largest absolute Gasteiger partial charge is 0.480 e. The van der Waals surface area contributed by atoms with Crippen molar-refractivity contribution < 1.29 is 29.1 Å². The Bertz CT molecular complexity index is 1170. The van der Waals surface area contributed by atoms with Crippen LogP contribution in [0.5, 0.6) is 0 Å². The topological polar surface area (TPSA) is 228 Å². The summed E-state index contributed by atoms with van der Waals surface area (Å²) in [6.45, 7) is 1.74. The van der Waals surface area contributed by atoms with Crippen LogP contribution in [0.2, 0.25) is 0 Å². The Morgan fingerprint density at radius 2 is 1.56 bits per heavy atom. The van der Waals surface area contributed by atoms with E-state index in [1.807, 2.05) is 6.26 Å². The standard InChI is InChI=1S/C25H37N9O6S/c1-14(26)21(35)32-18(8-15-10-27-12-29-15)23(37)31-17(5-7-41-2)22(36)33-19(9-16-11-28-13-30-16)24(38)34-6-3-4-20(34)25(39)40/h10-14,17-20H,3-9,26H2,1-2H3,(H,27,29)(H,28,30)(H,31,37)(H,32,35)(H,33,36)(H,39,40). The number of nitrogens with one attached hydrogen (secondary N) is 5. The minimum atomic E-state index is -1.11. The summed E-state index contributed by atoms with van der Waals surface area (Å²) in [4.78, 5) is 79.4. The van der Waals surface area contributed by atoms with Crippen LogP contribution in [0, 0.1) is 0 Å². The molecule has 0 radical (unpaired) electrons. The number of thioether (sulfide) groups is 1. The van der Waals surface area contributed by atoms with E-state index in [4.69, 9.17) is 5.73 Å². The molecule has 2 aromatic heterocycles. The lowest BCUT2D eigenvalue weighted by atomic mass is 10.1. The molecule has 1 saturated heterocycles. The first-order chi connectivity index (χ1) is 19.6. The fourth-order valence-corrected chi connectivity index (χ4v) is 4.95. The number of hydrogen-bond acceptors (Lipinski definition) is 9. The van der Waals surface area contributed by atoms with E-state index in [1.165, 1.54) is 48.6 Å². The van der Waals surface area contributed by atoms with Gasteiger partial charge in [-0.15, -0.1) is 0 Å². The van der Waals surface area contributed by atoms with Crippen LogP contribution in [-0.2, 0) is 36.8 Å². The first-order valence-electron chi connectivity index (χ1n) is 13.2. The van der Waals surface area contributed by atoms with Gasteiger partial charge in [0.25, 0.3) is 0 Å². The summed E-state index contributed by atoms with van der Waals surface area (Å²) in [7, 11) is 0. The average molecular weight is 592 g/mol. The third kappa shape index (κ3) is 9.04. The van der Waals surface area contributed by atoms with Gasteiger partial charge in [0.2, 0.25) is 23.6 Å². The first kappa shape index (κ1) is 31.6. The number of amides is 4. The Morgan fingerprint density at radius 1 is 1.00 bits per heavy atom. The molecule has 5 atom stereocenters. The molecule has 1 aliphatic rings. The molecular formula is C25H37N9O6S. The van der Waals surface area contributed by atoms with Crippen molar-refractivity contribution in [3.8, 4) is 0 Å². The second kappa shape index (κ2) is 15.2. The molecule has 8 N–H and O–H groups in total. The lowest BCUT2D eigenvalue weighted by Crippen LogP contribution is -2.59. The van der Waals surface area contributed by atoms with E-state index in [1.54, 1.807) is 0 Å². The molecule has 16 heteroatoms. The molecule has 0 bridgehead atoms. The highest BCUT2D eigenvalue weighted by molar-refractivity contribution is 7.98. The SMILES string of the molecule is CSCCC(NC(=O)C(Cc1cnc[nH]1)NC(=O)C(C)N)C(=O)NC(Cc1cnc[nH]1)C(=O)N1CCCC1C(=O)O. The van der Waals surface area contributed by atoms with Crippen molar-refractivity contribution in [2.24, 2.45) is 5.73 Å². The zero-order valence-corrected chi connectivity index (χ0v) is 23.8. The minimum absolute atomic E-state index is 0.0451. The molecule has 0 aromatic carbocycles. The molecule has 5 unspecified atom stereocenters. The van der Waals surface area contributed by atoms with Gasteiger partial charge in [0.05, 0.1) is 18.7 Å². The van der Waals surface area contributed by atoms with Crippen molar-refractivity contribution in [2.45, 2.75) is 69.2 Å². The summed E-state index contributed by atoms with van der Waals surface area (Å²) < 4.78 is 0. The zero-order valence-electron chi connectivity index (χ0n) is 23.0. The number of nitrogens with two attached hydrogens (primary N) is 1. The Balaban J connectivity index is 1.79. The molecule has 0 aliphatic carbocycles. The summed E-state index contributed by atoms with van der Waals surface area (Å²) in [5, 5.41) is 17.6. The number of carboxylic acids is 1. The van der Waals surface area contributed by atoms with Crippen molar-refractivity contribution >= 4 is 41.4 Å². The Kier molecular flexibility index (Phi) is 11.7. The molecule has 1 aliphatic heterocycles. The Labute approximate surface area is 241 Å². The molecular weight excluding hydrogens is 554 g/mol. The van der Waals surface area contributed by atoms with Gasteiger partial charge in [-0.25, -0.2) is 14.8 Å². The first-order valence-corrected chi connectivity index (χ1v) is 14.6. The van der Waals surface area contributed by atoms with Crippen LogP contribution < -0.4 is 21.7 Å². The van der Waals surface area contributed by atoms with Crippen LogP contribution >= 0.6 is 11.8 Å². The summed E-state index contributed by atoms with van der Waals surface area (Å²) in [6, 6.07) is -5.04. The van der Waals surface area contributed by atoms with Gasteiger partial charge in [0, 0.05) is 43.2 Å². The smallest absolute Gasteiger partial charge is 0.326 e. The van der Waals surface area contributed by atoms with E-state index >= 15 is 0 Å². The fourth-order valence-electron chi connectivity index (χ4n) is 4.48. The normalized spacial score (nSPS) is 17.7. The van der Waals surface area contributed by atoms with Gasteiger partial charge in [-0.1, -0.05) is 0 Å². The number of hydrogen-bond donors (Lipinski definition) is 7. The molecule has 15 nitrogen and oxygen atoms in total. The predicted molar refractivity (Wildman–Crippen MR) is 149 cm³/mol. The van der Waals surface area contributed by atoms with Gasteiger partial charge in [0.15, 0.2) is 0 Å². The number of aliphatic carboxylic acids is 1. The average Bonchev–Trinajstić information content (AvgIpc) is 3.72. The maximum Gasteiger partial charge on any atom is 0.326 e. The van der Waals surface area contributed by atoms with Gasteiger partial charge < -0.3 is 41.7 Å².